The summed E-state index contributed by atoms with van der Waals surface area (Å²) in [6.45, 7) is 1.50. The molecule has 0 spiro atoms. The Morgan fingerprint density at radius 2 is 2.21 bits per heavy atom. The molecule has 0 saturated carbocycles. The van der Waals surface area contributed by atoms with E-state index < -0.39 is 11.5 Å². The van der Waals surface area contributed by atoms with E-state index in [1.807, 2.05) is 0 Å². The van der Waals surface area contributed by atoms with Crippen molar-refractivity contribution in [3.63, 3.8) is 0 Å². The van der Waals surface area contributed by atoms with Crippen LogP contribution < -0.4 is 15.6 Å². The van der Waals surface area contributed by atoms with Crippen LogP contribution in [0.15, 0.2) is 24.3 Å². The van der Waals surface area contributed by atoms with Gasteiger partial charge in [-0.05, 0) is 12.1 Å². The smallest absolute Gasteiger partial charge is 0.157 e. The van der Waals surface area contributed by atoms with E-state index in [2.05, 4.69) is 5.73 Å². The summed E-state index contributed by atoms with van der Waals surface area (Å²) in [5, 5.41) is 10.8. The predicted octanol–water partition coefficient (Wildman–Crippen LogP) is -1.10. The van der Waals surface area contributed by atoms with Crippen molar-refractivity contribution in [1.82, 2.24) is 0 Å². The van der Waals surface area contributed by atoms with Crippen molar-refractivity contribution in [2.75, 3.05) is 7.11 Å². The standard InChI is InChI=1S/C10H13NO3/c1-10(11,9(12)13)7-4-3-5-8(6-7)14-2/h3-6H,11H2,1-2H3,(H,12,13)/t10-/m0/s1. The molecule has 0 heterocycles. The van der Waals surface area contributed by atoms with Gasteiger partial charge in [-0.2, -0.15) is 0 Å². The van der Waals surface area contributed by atoms with Gasteiger partial charge in [-0.1, -0.05) is 12.1 Å². The fraction of sp³-hybridized carbons (Fsp3) is 0.300. The van der Waals surface area contributed by atoms with Crippen LogP contribution in [0.25, 0.3) is 0 Å². The Kier molecular flexibility index (Phi) is 2.76. The second-order valence-corrected chi connectivity index (χ2v) is 3.35. The molecule has 0 saturated heterocycles. The van der Waals surface area contributed by atoms with Crippen molar-refractivity contribution >= 4 is 5.97 Å². The monoisotopic (exact) mass is 195 g/mol. The van der Waals surface area contributed by atoms with E-state index in [9.17, 15) is 9.90 Å². The van der Waals surface area contributed by atoms with Crippen LogP contribution in [0.4, 0.5) is 0 Å². The SMILES string of the molecule is COc1cccc([C@](C)([NH3+])C(=O)[O-])c1. The molecule has 1 aromatic carbocycles. The van der Waals surface area contributed by atoms with E-state index in [1.165, 1.54) is 14.0 Å². The minimum Gasteiger partial charge on any atom is -0.543 e. The highest BCUT2D eigenvalue weighted by molar-refractivity contribution is 5.76. The first kappa shape index (κ1) is 10.5. The van der Waals surface area contributed by atoms with Crippen LogP contribution in [0.2, 0.25) is 0 Å². The zero-order valence-corrected chi connectivity index (χ0v) is 8.24. The Morgan fingerprint density at radius 1 is 1.57 bits per heavy atom. The molecule has 76 valence electrons. The minimum absolute atomic E-state index is 0.567. The van der Waals surface area contributed by atoms with E-state index in [4.69, 9.17) is 4.74 Å². The minimum atomic E-state index is -1.24. The molecule has 4 heteroatoms. The van der Waals surface area contributed by atoms with Crippen LogP contribution in [0.5, 0.6) is 5.75 Å². The van der Waals surface area contributed by atoms with Crippen molar-refractivity contribution in [2.45, 2.75) is 12.5 Å². The number of aliphatic carboxylic acids is 1. The molecule has 0 aliphatic rings. The predicted molar refractivity (Wildman–Crippen MR) is 48.2 cm³/mol. The molecule has 1 aromatic rings. The van der Waals surface area contributed by atoms with E-state index in [0.717, 1.165) is 0 Å². The van der Waals surface area contributed by atoms with Gasteiger partial charge in [-0.25, -0.2) is 0 Å². The second kappa shape index (κ2) is 3.67. The maximum absolute atomic E-state index is 10.8. The summed E-state index contributed by atoms with van der Waals surface area (Å²) in [5.74, 6) is -0.593. The molecule has 0 amide bonds. The molecule has 0 radical (unpaired) electrons. The van der Waals surface area contributed by atoms with Crippen LogP contribution in [0, 0.1) is 0 Å². The lowest BCUT2D eigenvalue weighted by Gasteiger charge is -2.22. The molecule has 0 unspecified atom stereocenters. The quantitative estimate of drug-likeness (QED) is 0.665. The van der Waals surface area contributed by atoms with Gasteiger partial charge in [0.1, 0.15) is 11.7 Å². The van der Waals surface area contributed by atoms with Crippen molar-refractivity contribution < 1.29 is 20.4 Å². The van der Waals surface area contributed by atoms with Gasteiger partial charge in [0.15, 0.2) is 5.54 Å². The number of carbonyl (C=O) groups is 1. The third-order valence-corrected chi connectivity index (χ3v) is 2.16. The molecule has 0 aliphatic heterocycles. The average molecular weight is 195 g/mol. The molecule has 0 fully saturated rings. The maximum Gasteiger partial charge on any atom is 0.157 e. The number of rotatable bonds is 3. The molecule has 4 nitrogen and oxygen atoms in total. The molecule has 1 rings (SSSR count). The largest absolute Gasteiger partial charge is 0.543 e. The van der Waals surface area contributed by atoms with Crippen molar-refractivity contribution in [3.8, 4) is 5.75 Å². The molecular formula is C10H13NO3. The third-order valence-electron chi connectivity index (χ3n) is 2.16. The van der Waals surface area contributed by atoms with Gasteiger partial charge in [0.05, 0.1) is 7.11 Å². The lowest BCUT2D eigenvalue weighted by Crippen LogP contribution is -2.75. The van der Waals surface area contributed by atoms with E-state index in [-0.39, 0.29) is 0 Å². The zero-order chi connectivity index (χ0) is 10.8. The highest BCUT2D eigenvalue weighted by Crippen LogP contribution is 2.20. The van der Waals surface area contributed by atoms with Gasteiger partial charge in [0.2, 0.25) is 0 Å². The summed E-state index contributed by atoms with van der Waals surface area (Å²) >= 11 is 0. The van der Waals surface area contributed by atoms with E-state index >= 15 is 0 Å². The molecule has 0 bridgehead atoms. The number of carboxylic acids is 1. The number of ether oxygens (including phenoxy) is 1. The first-order valence-electron chi connectivity index (χ1n) is 4.20. The number of methoxy groups -OCH3 is 1. The van der Waals surface area contributed by atoms with Crippen LogP contribution >= 0.6 is 0 Å². The first-order valence-corrected chi connectivity index (χ1v) is 4.20. The molecule has 1 atom stereocenters. The van der Waals surface area contributed by atoms with Gasteiger partial charge in [-0.15, -0.1) is 0 Å². The highest BCUT2D eigenvalue weighted by atomic mass is 16.5. The van der Waals surface area contributed by atoms with Crippen LogP contribution in [0.1, 0.15) is 12.5 Å². The van der Waals surface area contributed by atoms with Crippen molar-refractivity contribution in [3.05, 3.63) is 29.8 Å². The summed E-state index contributed by atoms with van der Waals surface area (Å²) in [6, 6.07) is 6.80. The Labute approximate surface area is 82.3 Å². The Hall–Kier alpha value is -1.55. The Bertz CT molecular complexity index is 347. The van der Waals surface area contributed by atoms with Gasteiger partial charge in [0.25, 0.3) is 0 Å². The van der Waals surface area contributed by atoms with E-state index in [0.29, 0.717) is 11.3 Å². The molecule has 0 aliphatic carbocycles. The van der Waals surface area contributed by atoms with Gasteiger partial charge in [0, 0.05) is 12.5 Å². The summed E-state index contributed by atoms with van der Waals surface area (Å²) in [7, 11) is 1.53. The Morgan fingerprint density at radius 3 is 2.71 bits per heavy atom. The topological polar surface area (TPSA) is 77.0 Å². The molecule has 3 N–H and O–H groups in total. The first-order chi connectivity index (χ1) is 6.48. The summed E-state index contributed by atoms with van der Waals surface area (Å²) < 4.78 is 4.99. The number of benzene rings is 1. The molecule has 0 aromatic heterocycles. The number of hydrogen-bond acceptors (Lipinski definition) is 3. The summed E-state index contributed by atoms with van der Waals surface area (Å²) in [4.78, 5) is 10.8. The van der Waals surface area contributed by atoms with Crippen molar-refractivity contribution in [2.24, 2.45) is 0 Å². The second-order valence-electron chi connectivity index (χ2n) is 3.35. The summed E-state index contributed by atoms with van der Waals surface area (Å²) in [6.07, 6.45) is 0. The van der Waals surface area contributed by atoms with Crippen LogP contribution in [-0.4, -0.2) is 13.1 Å². The van der Waals surface area contributed by atoms with Gasteiger partial charge in [-0.3, -0.25) is 0 Å². The fourth-order valence-electron chi connectivity index (χ4n) is 1.08. The third kappa shape index (κ3) is 1.85. The maximum atomic E-state index is 10.8. The average Bonchev–Trinajstić information content (AvgIpc) is 2.17. The van der Waals surface area contributed by atoms with Crippen LogP contribution in [0.3, 0.4) is 0 Å². The van der Waals surface area contributed by atoms with Gasteiger partial charge >= 0.3 is 0 Å². The fourth-order valence-corrected chi connectivity index (χ4v) is 1.08. The summed E-state index contributed by atoms with van der Waals surface area (Å²) in [5.41, 5.74) is 2.92. The number of quaternary nitrogens is 1. The molecule has 14 heavy (non-hydrogen) atoms. The lowest BCUT2D eigenvalue weighted by molar-refractivity contribution is -0.489. The van der Waals surface area contributed by atoms with Crippen molar-refractivity contribution in [1.29, 1.82) is 0 Å². The number of carbonyl (C=O) groups excluding carboxylic acids is 1. The van der Waals surface area contributed by atoms with Gasteiger partial charge < -0.3 is 20.4 Å². The zero-order valence-electron chi connectivity index (χ0n) is 8.24. The number of hydrogen-bond donors (Lipinski definition) is 1. The lowest BCUT2D eigenvalue weighted by atomic mass is 9.93. The normalized spacial score (nSPS) is 14.5. The number of carboxylic acid groups (broad SMARTS) is 1. The highest BCUT2D eigenvalue weighted by Gasteiger charge is 2.27. The Balaban J connectivity index is 3.12. The van der Waals surface area contributed by atoms with Crippen LogP contribution in [-0.2, 0) is 10.3 Å². The molecular weight excluding hydrogens is 182 g/mol. The van der Waals surface area contributed by atoms with E-state index in [1.54, 1.807) is 24.3 Å².